The highest BCUT2D eigenvalue weighted by molar-refractivity contribution is 6.00. The molecule has 3 saturated heterocycles. The molecule has 3 fully saturated rings. The zero-order valence-electron chi connectivity index (χ0n) is 41.1. The number of aromatic nitrogens is 3. The Morgan fingerprint density at radius 1 is 0.940 bits per heavy atom. The number of imidazole rings is 1. The molecule has 3 aromatic rings. The van der Waals surface area contributed by atoms with Gasteiger partial charge in [-0.15, -0.1) is 0 Å². The van der Waals surface area contributed by atoms with Crippen molar-refractivity contribution in [3.63, 3.8) is 0 Å². The van der Waals surface area contributed by atoms with E-state index in [4.69, 9.17) is 28.4 Å². The second kappa shape index (κ2) is 21.9. The van der Waals surface area contributed by atoms with Gasteiger partial charge in [-0.25, -0.2) is 14.6 Å². The van der Waals surface area contributed by atoms with E-state index in [0.29, 0.717) is 37.8 Å². The molecular weight excluding hydrogens is 859 g/mol. The number of ether oxygens (including phenoxy) is 6. The van der Waals surface area contributed by atoms with Crippen LogP contribution < -0.4 is 0 Å². The number of hydrogen-bond acceptors (Lipinski definition) is 14. The minimum atomic E-state index is -1.43. The van der Waals surface area contributed by atoms with Gasteiger partial charge in [0, 0.05) is 62.1 Å². The third kappa shape index (κ3) is 11.1. The molecule has 13 atom stereocenters. The first-order valence-electron chi connectivity index (χ1n) is 23.8. The normalized spacial score (nSPS) is 33.2. The first-order chi connectivity index (χ1) is 31.9. The Hall–Kier alpha value is -5.03. The minimum Gasteiger partial charge on any atom is -0.458 e. The fourth-order valence-corrected chi connectivity index (χ4v) is 10.5. The highest BCUT2D eigenvalue weighted by atomic mass is 16.7. The van der Waals surface area contributed by atoms with Crippen molar-refractivity contribution in [3.8, 4) is 11.3 Å². The number of amides is 1. The number of Topliss-reactive ketones (excluding diaryl/α,β-unsaturated/α-hetero) is 2. The Labute approximate surface area is 395 Å². The van der Waals surface area contributed by atoms with Crippen LogP contribution in [-0.2, 0) is 49.3 Å². The summed E-state index contributed by atoms with van der Waals surface area (Å²) in [6.45, 7) is 15.1. The number of unbranched alkanes of at least 4 members (excludes halogenated alkanes) is 1. The van der Waals surface area contributed by atoms with Gasteiger partial charge in [0.15, 0.2) is 23.8 Å². The van der Waals surface area contributed by atoms with E-state index in [-0.39, 0.29) is 37.3 Å². The highest BCUT2D eigenvalue weighted by Gasteiger charge is 2.61. The molecule has 0 saturated carbocycles. The number of ketones is 2. The van der Waals surface area contributed by atoms with Crippen LogP contribution in [-0.4, -0.2) is 136 Å². The van der Waals surface area contributed by atoms with Gasteiger partial charge in [-0.1, -0.05) is 45.9 Å². The molecule has 3 aliphatic rings. The summed E-state index contributed by atoms with van der Waals surface area (Å²) in [6, 6.07) is 11.3. The molecule has 0 aliphatic carbocycles. The number of cyclic esters (lactones) is 1. The molecule has 3 aliphatic heterocycles. The molecular formula is C51H71N5O11. The van der Waals surface area contributed by atoms with E-state index in [9.17, 15) is 19.2 Å². The summed E-state index contributed by atoms with van der Waals surface area (Å²) in [5.41, 5.74) is -0.705. The van der Waals surface area contributed by atoms with Crippen LogP contribution >= 0.6 is 0 Å². The van der Waals surface area contributed by atoms with Crippen molar-refractivity contribution in [2.75, 3.05) is 27.7 Å². The van der Waals surface area contributed by atoms with Crippen LogP contribution in [0.4, 0.5) is 4.79 Å². The van der Waals surface area contributed by atoms with E-state index in [0.717, 1.165) is 11.3 Å². The van der Waals surface area contributed by atoms with Gasteiger partial charge in [0.2, 0.25) is 0 Å². The monoisotopic (exact) mass is 930 g/mol. The second-order valence-corrected chi connectivity index (χ2v) is 19.3. The van der Waals surface area contributed by atoms with Crippen molar-refractivity contribution in [2.45, 2.75) is 154 Å². The Morgan fingerprint density at radius 2 is 1.66 bits per heavy atom. The SMILES string of the molecule is CCC1C(=O)[C@H](C)C[C@](C)(OC)[C@H](O[C@@H]2O[C@H](C)C[C@H](N(C)C)[C@H]2OC(=O)c2ccccc2)[C@@H](C)C(=O)[C@@H](C)C(=O)O[C@H](CC)[C@@]2(C)OC(=O)N(CCCCn3cnc(-c4cccnc4)c3)[C@H]12. The van der Waals surface area contributed by atoms with Crippen LogP contribution in [0.3, 0.4) is 0 Å². The summed E-state index contributed by atoms with van der Waals surface area (Å²) >= 11 is 0. The zero-order valence-corrected chi connectivity index (χ0v) is 41.1. The summed E-state index contributed by atoms with van der Waals surface area (Å²) in [6.07, 6.45) is 4.54. The summed E-state index contributed by atoms with van der Waals surface area (Å²) in [5, 5.41) is 0. The minimum absolute atomic E-state index is 0.0924. The maximum absolute atomic E-state index is 15.2. The van der Waals surface area contributed by atoms with Crippen LogP contribution in [0.1, 0.15) is 104 Å². The standard InChI is InChI=1S/C51H71N5O11/c1-12-37-41(57)31(3)27-50(7,62-11)45(66-48-43(39(54(9)10)26-32(4)63-48)65-47(60)35-20-15-14-16-21-35)33(5)42(58)34(6)46(59)64-40(13-2)51(8)44(37)56(49(61)67-51)25-18-17-24-55-29-38(53-30-55)36-22-19-23-52-28-36/h14-16,19-23,28-34,37,39-40,43-45,48H,12-13,17-18,24-27H2,1-11H3/t31-,32-,33+,34-,37?,39+,40-,43-,44-,45-,48+,50+,51-/m1/s1. The maximum atomic E-state index is 15.2. The summed E-state index contributed by atoms with van der Waals surface area (Å²) in [7, 11) is 5.28. The molecule has 366 valence electrons. The molecule has 0 bridgehead atoms. The van der Waals surface area contributed by atoms with Crippen molar-refractivity contribution < 1.29 is 52.4 Å². The van der Waals surface area contributed by atoms with E-state index in [2.05, 4.69) is 9.97 Å². The maximum Gasteiger partial charge on any atom is 0.410 e. The topological polar surface area (TPSA) is 178 Å². The van der Waals surface area contributed by atoms with Crippen molar-refractivity contribution in [2.24, 2.45) is 23.7 Å². The Balaban J connectivity index is 1.32. The zero-order chi connectivity index (χ0) is 48.8. The van der Waals surface area contributed by atoms with Gasteiger partial charge in [-0.05, 0) is 105 Å². The van der Waals surface area contributed by atoms with Gasteiger partial charge < -0.3 is 42.8 Å². The van der Waals surface area contributed by atoms with E-state index in [1.54, 1.807) is 68.7 Å². The van der Waals surface area contributed by atoms with Gasteiger partial charge in [0.1, 0.15) is 17.8 Å². The molecule has 16 heteroatoms. The largest absolute Gasteiger partial charge is 0.458 e. The Morgan fingerprint density at radius 3 is 2.30 bits per heavy atom. The average Bonchev–Trinajstić information content (AvgIpc) is 3.90. The number of rotatable bonds is 14. The van der Waals surface area contributed by atoms with Crippen LogP contribution in [0.25, 0.3) is 11.3 Å². The van der Waals surface area contributed by atoms with Crippen molar-refractivity contribution >= 4 is 29.6 Å². The number of methoxy groups -OCH3 is 1. The lowest BCUT2D eigenvalue weighted by atomic mass is 9.72. The molecule has 6 rings (SSSR count). The molecule has 16 nitrogen and oxygen atoms in total. The molecule has 5 heterocycles. The number of esters is 2. The molecule has 67 heavy (non-hydrogen) atoms. The second-order valence-electron chi connectivity index (χ2n) is 19.3. The van der Waals surface area contributed by atoms with Crippen molar-refractivity contribution in [3.05, 3.63) is 72.9 Å². The summed E-state index contributed by atoms with van der Waals surface area (Å²) < 4.78 is 40.5. The Bertz CT molecular complexity index is 2170. The molecule has 1 unspecified atom stereocenters. The number of carbonyl (C=O) groups is 5. The number of carbonyl (C=O) groups excluding carboxylic acids is 5. The number of benzene rings is 1. The number of pyridine rings is 1. The molecule has 0 N–H and O–H groups in total. The fraction of sp³-hybridized carbons (Fsp3) is 0.627. The highest BCUT2D eigenvalue weighted by Crippen LogP contribution is 2.44. The molecule has 1 amide bonds. The third-order valence-electron chi connectivity index (χ3n) is 14.3. The number of likely N-dealkylation sites (N-methyl/N-ethyl adjacent to an activating group) is 1. The fourth-order valence-electron chi connectivity index (χ4n) is 10.5. The van der Waals surface area contributed by atoms with Crippen molar-refractivity contribution in [1.82, 2.24) is 24.3 Å². The number of aryl methyl sites for hydroxylation is 1. The molecule has 0 spiro atoms. The first kappa shape index (κ1) is 51.4. The van der Waals surface area contributed by atoms with Crippen LogP contribution in [0.5, 0.6) is 0 Å². The van der Waals surface area contributed by atoms with E-state index >= 15 is 4.79 Å². The quantitative estimate of drug-likeness (QED) is 0.0687. The van der Waals surface area contributed by atoms with Gasteiger partial charge >= 0.3 is 18.0 Å². The van der Waals surface area contributed by atoms with Crippen LogP contribution in [0.15, 0.2) is 67.4 Å². The predicted molar refractivity (Wildman–Crippen MR) is 249 cm³/mol. The van der Waals surface area contributed by atoms with Crippen LogP contribution in [0.2, 0.25) is 0 Å². The van der Waals surface area contributed by atoms with Crippen molar-refractivity contribution in [1.29, 1.82) is 0 Å². The van der Waals surface area contributed by atoms with Gasteiger partial charge in [0.05, 0.1) is 47.5 Å². The predicted octanol–water partition coefficient (Wildman–Crippen LogP) is 7.18. The van der Waals surface area contributed by atoms with E-state index < -0.39 is 89.3 Å². The first-order valence-corrected chi connectivity index (χ1v) is 23.8. The number of hydrogen-bond donors (Lipinski definition) is 0. The third-order valence-corrected chi connectivity index (χ3v) is 14.3. The average molecular weight is 930 g/mol. The lowest BCUT2D eigenvalue weighted by molar-refractivity contribution is -0.294. The molecule has 0 radical (unpaired) electrons. The van der Waals surface area contributed by atoms with Gasteiger partial charge in [0.25, 0.3) is 0 Å². The lowest BCUT2D eigenvalue weighted by Gasteiger charge is -2.48. The van der Waals surface area contributed by atoms with Gasteiger partial charge in [-0.3, -0.25) is 19.4 Å². The number of fused-ring (bicyclic) bond motifs is 1. The summed E-state index contributed by atoms with van der Waals surface area (Å²) in [5.74, 6) is -5.70. The summed E-state index contributed by atoms with van der Waals surface area (Å²) in [4.78, 5) is 84.2. The number of nitrogens with zero attached hydrogens (tertiary/aromatic N) is 5. The smallest absolute Gasteiger partial charge is 0.410 e. The molecule has 1 aromatic carbocycles. The van der Waals surface area contributed by atoms with E-state index in [1.807, 2.05) is 75.7 Å². The molecule has 2 aromatic heterocycles. The van der Waals surface area contributed by atoms with Crippen LogP contribution in [0, 0.1) is 23.7 Å². The van der Waals surface area contributed by atoms with E-state index in [1.165, 1.54) is 14.0 Å². The van der Waals surface area contributed by atoms with Gasteiger partial charge in [-0.2, -0.15) is 0 Å². The Kier molecular flexibility index (Phi) is 16.8. The lowest BCUT2D eigenvalue weighted by Crippen LogP contribution is -2.61.